The van der Waals surface area contributed by atoms with E-state index in [2.05, 4.69) is 10.5 Å². The fourth-order valence-corrected chi connectivity index (χ4v) is 3.55. The molecule has 1 N–H and O–H groups in total. The standard InChI is InChI=1S/C19H21N3O3/c23-18-8-4-5-9-22(18)15-10-14(11-15)20-19(24)16-12-17(25-21-16)13-6-2-1-3-7-13/h1-3,6-7,12,14-15H,4-5,8-11H2,(H,20,24)/t14-,15-. The first kappa shape index (κ1) is 15.9. The van der Waals surface area contributed by atoms with Crippen LogP contribution < -0.4 is 5.32 Å². The summed E-state index contributed by atoms with van der Waals surface area (Å²) in [5.74, 6) is 0.612. The molecule has 1 aromatic carbocycles. The minimum absolute atomic E-state index is 0.101. The van der Waals surface area contributed by atoms with Crippen LogP contribution in [0.15, 0.2) is 40.9 Å². The largest absolute Gasteiger partial charge is 0.355 e. The number of likely N-dealkylation sites (tertiary alicyclic amines) is 1. The third-order valence-electron chi connectivity index (χ3n) is 5.05. The molecule has 2 fully saturated rings. The van der Waals surface area contributed by atoms with Crippen molar-refractivity contribution in [3.8, 4) is 11.3 Å². The lowest BCUT2D eigenvalue weighted by atomic mass is 9.84. The molecule has 0 atom stereocenters. The highest BCUT2D eigenvalue weighted by Crippen LogP contribution is 2.29. The van der Waals surface area contributed by atoms with Gasteiger partial charge in [-0.3, -0.25) is 9.59 Å². The molecule has 2 aromatic rings. The molecule has 1 saturated heterocycles. The van der Waals surface area contributed by atoms with E-state index in [1.54, 1.807) is 6.07 Å². The van der Waals surface area contributed by atoms with Gasteiger partial charge in [-0.2, -0.15) is 0 Å². The van der Waals surface area contributed by atoms with Crippen LogP contribution in [0.25, 0.3) is 11.3 Å². The number of amides is 2. The van der Waals surface area contributed by atoms with E-state index in [0.29, 0.717) is 12.2 Å². The van der Waals surface area contributed by atoms with Crippen LogP contribution in [-0.4, -0.2) is 40.5 Å². The number of rotatable bonds is 4. The van der Waals surface area contributed by atoms with E-state index in [9.17, 15) is 9.59 Å². The molecule has 6 nitrogen and oxygen atoms in total. The zero-order valence-electron chi connectivity index (χ0n) is 14.0. The quantitative estimate of drug-likeness (QED) is 0.929. The molecule has 25 heavy (non-hydrogen) atoms. The lowest BCUT2D eigenvalue weighted by Crippen LogP contribution is -2.56. The smallest absolute Gasteiger partial charge is 0.273 e. The normalized spacial score (nSPS) is 23.2. The summed E-state index contributed by atoms with van der Waals surface area (Å²) in [6.45, 7) is 0.855. The molecule has 1 saturated carbocycles. The van der Waals surface area contributed by atoms with E-state index in [-0.39, 0.29) is 29.6 Å². The van der Waals surface area contributed by atoms with Crippen molar-refractivity contribution in [3.05, 3.63) is 42.1 Å². The van der Waals surface area contributed by atoms with Crippen molar-refractivity contribution < 1.29 is 14.1 Å². The molecule has 2 aliphatic rings. The average Bonchev–Trinajstić information content (AvgIpc) is 3.09. The lowest BCUT2D eigenvalue weighted by molar-refractivity contribution is -0.138. The van der Waals surface area contributed by atoms with Crippen LogP contribution in [-0.2, 0) is 4.79 Å². The van der Waals surface area contributed by atoms with Crippen molar-refractivity contribution in [2.45, 2.75) is 44.2 Å². The number of carbonyl (C=O) groups is 2. The van der Waals surface area contributed by atoms with Gasteiger partial charge in [0.2, 0.25) is 5.91 Å². The number of nitrogens with zero attached hydrogens (tertiary/aromatic N) is 2. The fourth-order valence-electron chi connectivity index (χ4n) is 3.55. The highest BCUT2D eigenvalue weighted by molar-refractivity contribution is 5.93. The number of hydrogen-bond donors (Lipinski definition) is 1. The zero-order chi connectivity index (χ0) is 17.2. The first-order valence-electron chi connectivity index (χ1n) is 8.83. The number of benzene rings is 1. The van der Waals surface area contributed by atoms with Gasteiger partial charge in [0.15, 0.2) is 11.5 Å². The van der Waals surface area contributed by atoms with Crippen molar-refractivity contribution in [1.29, 1.82) is 0 Å². The number of piperidine rings is 1. The predicted molar refractivity (Wildman–Crippen MR) is 91.8 cm³/mol. The number of carbonyl (C=O) groups excluding carboxylic acids is 2. The monoisotopic (exact) mass is 339 g/mol. The summed E-state index contributed by atoms with van der Waals surface area (Å²) in [6, 6.07) is 11.6. The molecule has 0 spiro atoms. The molecule has 1 aromatic heterocycles. The van der Waals surface area contributed by atoms with Crippen LogP contribution in [0, 0.1) is 0 Å². The molecule has 0 unspecified atom stereocenters. The molecule has 4 rings (SSSR count). The van der Waals surface area contributed by atoms with Crippen LogP contribution in [0.1, 0.15) is 42.6 Å². The van der Waals surface area contributed by atoms with Crippen molar-refractivity contribution >= 4 is 11.8 Å². The van der Waals surface area contributed by atoms with Crippen LogP contribution >= 0.6 is 0 Å². The van der Waals surface area contributed by atoms with E-state index in [1.807, 2.05) is 35.2 Å². The Morgan fingerprint density at radius 1 is 1.20 bits per heavy atom. The average molecular weight is 339 g/mol. The topological polar surface area (TPSA) is 75.4 Å². The summed E-state index contributed by atoms with van der Waals surface area (Å²) in [5.41, 5.74) is 1.18. The molecule has 0 radical (unpaired) electrons. The Morgan fingerprint density at radius 2 is 2.00 bits per heavy atom. The second kappa shape index (κ2) is 6.70. The van der Waals surface area contributed by atoms with Crippen LogP contribution in [0.5, 0.6) is 0 Å². The van der Waals surface area contributed by atoms with E-state index < -0.39 is 0 Å². The Bertz CT molecular complexity index is 765. The maximum Gasteiger partial charge on any atom is 0.273 e. The number of hydrogen-bond acceptors (Lipinski definition) is 4. The lowest BCUT2D eigenvalue weighted by Gasteiger charge is -2.44. The number of aromatic nitrogens is 1. The molecule has 6 heteroatoms. The fraction of sp³-hybridized carbons (Fsp3) is 0.421. The van der Waals surface area contributed by atoms with Gasteiger partial charge in [0.25, 0.3) is 5.91 Å². The van der Waals surface area contributed by atoms with Gasteiger partial charge < -0.3 is 14.7 Å². The number of nitrogens with one attached hydrogen (secondary N) is 1. The predicted octanol–water partition coefficient (Wildman–Crippen LogP) is 2.61. The van der Waals surface area contributed by atoms with Crippen LogP contribution in [0.3, 0.4) is 0 Å². The summed E-state index contributed by atoms with van der Waals surface area (Å²) in [5, 5.41) is 6.86. The second-order valence-electron chi connectivity index (χ2n) is 6.78. The Kier molecular flexibility index (Phi) is 4.26. The molecule has 2 amide bonds. The Balaban J connectivity index is 1.32. The first-order valence-corrected chi connectivity index (χ1v) is 8.83. The third kappa shape index (κ3) is 3.29. The minimum Gasteiger partial charge on any atom is -0.355 e. The van der Waals surface area contributed by atoms with Crippen LogP contribution in [0.2, 0.25) is 0 Å². The summed E-state index contributed by atoms with van der Waals surface area (Å²) >= 11 is 0. The summed E-state index contributed by atoms with van der Waals surface area (Å²) in [7, 11) is 0. The van der Waals surface area contributed by atoms with E-state index in [4.69, 9.17) is 4.52 Å². The molecule has 0 bridgehead atoms. The Morgan fingerprint density at radius 3 is 2.76 bits per heavy atom. The molecule has 1 aliphatic heterocycles. The van der Waals surface area contributed by atoms with Gasteiger partial charge in [0, 0.05) is 36.7 Å². The molecular weight excluding hydrogens is 318 g/mol. The van der Waals surface area contributed by atoms with E-state index in [0.717, 1.165) is 37.8 Å². The molecule has 130 valence electrons. The highest BCUT2D eigenvalue weighted by atomic mass is 16.5. The van der Waals surface area contributed by atoms with Gasteiger partial charge in [0.1, 0.15) is 0 Å². The van der Waals surface area contributed by atoms with Crippen molar-refractivity contribution in [1.82, 2.24) is 15.4 Å². The van der Waals surface area contributed by atoms with Gasteiger partial charge in [0.05, 0.1) is 0 Å². The summed E-state index contributed by atoms with van der Waals surface area (Å²) < 4.78 is 5.27. The SMILES string of the molecule is O=C(N[C@H]1C[C@H](N2CCCCC2=O)C1)c1cc(-c2ccccc2)on1. The highest BCUT2D eigenvalue weighted by Gasteiger charge is 2.37. The Labute approximate surface area is 146 Å². The second-order valence-corrected chi connectivity index (χ2v) is 6.78. The van der Waals surface area contributed by atoms with Gasteiger partial charge in [-0.25, -0.2) is 0 Å². The van der Waals surface area contributed by atoms with Crippen molar-refractivity contribution in [2.24, 2.45) is 0 Å². The Hall–Kier alpha value is -2.63. The van der Waals surface area contributed by atoms with E-state index >= 15 is 0 Å². The van der Waals surface area contributed by atoms with Gasteiger partial charge in [-0.05, 0) is 25.7 Å². The summed E-state index contributed by atoms with van der Waals surface area (Å²) in [6.07, 6.45) is 4.38. The van der Waals surface area contributed by atoms with Gasteiger partial charge >= 0.3 is 0 Å². The first-order chi connectivity index (χ1) is 12.2. The van der Waals surface area contributed by atoms with Crippen LogP contribution in [0.4, 0.5) is 0 Å². The van der Waals surface area contributed by atoms with Crippen molar-refractivity contribution in [2.75, 3.05) is 6.54 Å². The molecule has 1 aliphatic carbocycles. The third-order valence-corrected chi connectivity index (χ3v) is 5.05. The minimum atomic E-state index is -0.223. The maximum absolute atomic E-state index is 12.3. The zero-order valence-corrected chi connectivity index (χ0v) is 14.0. The summed E-state index contributed by atoms with van der Waals surface area (Å²) in [4.78, 5) is 26.2. The van der Waals surface area contributed by atoms with E-state index in [1.165, 1.54) is 0 Å². The molecular formula is C19H21N3O3. The maximum atomic E-state index is 12.3. The van der Waals surface area contributed by atoms with Gasteiger partial charge in [-0.1, -0.05) is 35.5 Å². The van der Waals surface area contributed by atoms with Gasteiger partial charge in [-0.15, -0.1) is 0 Å². The molecule has 2 heterocycles. The van der Waals surface area contributed by atoms with Crippen molar-refractivity contribution in [3.63, 3.8) is 0 Å².